The molecule has 10 heteroatoms. The van der Waals surface area contributed by atoms with Crippen molar-refractivity contribution in [3.63, 3.8) is 0 Å². The van der Waals surface area contributed by atoms with E-state index >= 15 is 0 Å². The van der Waals surface area contributed by atoms with Crippen molar-refractivity contribution in [2.24, 2.45) is 0 Å². The van der Waals surface area contributed by atoms with Crippen molar-refractivity contribution >= 4 is 10.4 Å². The summed E-state index contributed by atoms with van der Waals surface area (Å²) in [6, 6.07) is 0. The van der Waals surface area contributed by atoms with Crippen molar-refractivity contribution in [1.29, 1.82) is 0 Å². The zero-order valence-corrected chi connectivity index (χ0v) is 17.9. The molecule has 0 heterocycles. The second kappa shape index (κ2) is 19.4. The Morgan fingerprint density at radius 3 is 0.800 bits per heavy atom. The van der Waals surface area contributed by atoms with Gasteiger partial charge in [-0.1, -0.05) is 0 Å². The van der Waals surface area contributed by atoms with Crippen molar-refractivity contribution in [2.45, 2.75) is 0 Å². The van der Waals surface area contributed by atoms with Gasteiger partial charge in [-0.2, -0.15) is 8.42 Å². The summed E-state index contributed by atoms with van der Waals surface area (Å²) in [5, 5.41) is 0. The minimum absolute atomic E-state index is 0. The number of rotatable bonds is 0. The topological polar surface area (TPSA) is 74.6 Å². The summed E-state index contributed by atoms with van der Waals surface area (Å²) in [6.45, 7) is 0. The van der Waals surface area contributed by atoms with E-state index in [9.17, 15) is 0 Å². The summed E-state index contributed by atoms with van der Waals surface area (Å²) < 4.78 is 31.6. The number of hydrogen-bond donors (Lipinski definition) is 2. The van der Waals surface area contributed by atoms with Crippen LogP contribution in [-0.2, 0) is 10.4 Å². The molecular formula is H7Na5O4S. The molecule has 0 aromatic rings. The van der Waals surface area contributed by atoms with E-state index in [0.29, 0.717) is 0 Å². The maximum atomic E-state index is 8.74. The molecule has 0 spiro atoms. The van der Waals surface area contributed by atoms with Crippen LogP contribution in [0.4, 0.5) is 0 Å². The summed E-state index contributed by atoms with van der Waals surface area (Å²) in [4.78, 5) is 0. The molecule has 0 fully saturated rings. The SMILES string of the molecule is O=S(=O)(O)O.[H-].[H-].[H-].[H-].[H-].[Na+].[Na+].[Na+].[Na+].[Na+]. The molecule has 0 saturated carbocycles. The summed E-state index contributed by atoms with van der Waals surface area (Å²) in [5.74, 6) is 0. The first-order chi connectivity index (χ1) is 2.00. The molecule has 0 aliphatic heterocycles. The smallest absolute Gasteiger partial charge is 1.00 e. The van der Waals surface area contributed by atoms with E-state index in [0.717, 1.165) is 0 Å². The van der Waals surface area contributed by atoms with Crippen LogP contribution in [0.25, 0.3) is 0 Å². The van der Waals surface area contributed by atoms with Crippen LogP contribution < -0.4 is 148 Å². The van der Waals surface area contributed by atoms with Crippen molar-refractivity contribution in [1.82, 2.24) is 0 Å². The normalized spacial score (nSPS) is 5.80. The van der Waals surface area contributed by atoms with Crippen molar-refractivity contribution in [3.05, 3.63) is 0 Å². The second-order valence-electron chi connectivity index (χ2n) is 0.448. The van der Waals surface area contributed by atoms with Crippen LogP contribution in [0.15, 0.2) is 0 Å². The molecule has 0 saturated heterocycles. The molecule has 0 aromatic carbocycles. The molecule has 4 nitrogen and oxygen atoms in total. The average Bonchev–Trinajstić information content (AvgIpc) is 0.722. The predicted octanol–water partition coefficient (Wildman–Crippen LogP) is -15.1. The minimum atomic E-state index is -4.67. The summed E-state index contributed by atoms with van der Waals surface area (Å²) >= 11 is 0. The molecule has 0 aliphatic rings. The van der Waals surface area contributed by atoms with E-state index in [2.05, 4.69) is 0 Å². The van der Waals surface area contributed by atoms with Gasteiger partial charge < -0.3 is 7.13 Å². The van der Waals surface area contributed by atoms with Gasteiger partial charge >= 0.3 is 158 Å². The van der Waals surface area contributed by atoms with Crippen molar-refractivity contribution < 1.29 is 172 Å². The molecule has 0 atom stereocenters. The van der Waals surface area contributed by atoms with Gasteiger partial charge in [-0.05, 0) is 0 Å². The van der Waals surface area contributed by atoms with Gasteiger partial charge in [-0.15, -0.1) is 0 Å². The fourth-order valence-corrected chi connectivity index (χ4v) is 0. The third kappa shape index (κ3) is 76.5. The summed E-state index contributed by atoms with van der Waals surface area (Å²) in [7, 11) is -4.67. The predicted molar refractivity (Wildman–Crippen MR) is 19.7 cm³/mol. The van der Waals surface area contributed by atoms with Crippen LogP contribution >= 0.6 is 0 Å². The van der Waals surface area contributed by atoms with Gasteiger partial charge in [0.2, 0.25) is 0 Å². The summed E-state index contributed by atoms with van der Waals surface area (Å²) in [5.41, 5.74) is 0. The monoisotopic (exact) mass is 218 g/mol. The first kappa shape index (κ1) is 36.4. The molecule has 0 unspecified atom stereocenters. The Balaban J connectivity index is -0.00000000178. The second-order valence-corrected chi connectivity index (χ2v) is 1.34. The van der Waals surface area contributed by atoms with Crippen LogP contribution in [0.5, 0.6) is 0 Å². The molecule has 0 aliphatic carbocycles. The quantitative estimate of drug-likeness (QED) is 0.313. The van der Waals surface area contributed by atoms with E-state index in [1.807, 2.05) is 0 Å². The summed E-state index contributed by atoms with van der Waals surface area (Å²) in [6.07, 6.45) is 0. The van der Waals surface area contributed by atoms with E-state index in [-0.39, 0.29) is 155 Å². The largest absolute Gasteiger partial charge is 1.00 e. The van der Waals surface area contributed by atoms with Gasteiger partial charge in [0.05, 0.1) is 0 Å². The molecule has 2 N–H and O–H groups in total. The first-order valence-corrected chi connectivity index (χ1v) is 2.10. The molecule has 0 rings (SSSR count). The van der Waals surface area contributed by atoms with Gasteiger partial charge in [-0.3, -0.25) is 9.11 Å². The molecule has 0 aromatic heterocycles. The molecule has 42 valence electrons. The van der Waals surface area contributed by atoms with Crippen molar-refractivity contribution in [2.75, 3.05) is 0 Å². The van der Waals surface area contributed by atoms with Crippen LogP contribution in [0.2, 0.25) is 0 Å². The van der Waals surface area contributed by atoms with Gasteiger partial charge in [-0.25, -0.2) is 0 Å². The molecule has 0 amide bonds. The average molecular weight is 218 g/mol. The van der Waals surface area contributed by atoms with Gasteiger partial charge in [0.15, 0.2) is 0 Å². The van der Waals surface area contributed by atoms with Crippen LogP contribution in [0, 0.1) is 0 Å². The molecule has 0 bridgehead atoms. The van der Waals surface area contributed by atoms with E-state index in [4.69, 9.17) is 17.5 Å². The Morgan fingerprint density at radius 2 is 0.800 bits per heavy atom. The van der Waals surface area contributed by atoms with E-state index in [1.165, 1.54) is 0 Å². The van der Waals surface area contributed by atoms with Crippen LogP contribution in [0.3, 0.4) is 0 Å². The molecule has 10 heavy (non-hydrogen) atoms. The number of hydrogen-bond acceptors (Lipinski definition) is 2. The van der Waals surface area contributed by atoms with Gasteiger partial charge in [0, 0.05) is 0 Å². The Morgan fingerprint density at radius 1 is 0.800 bits per heavy atom. The van der Waals surface area contributed by atoms with E-state index < -0.39 is 10.4 Å². The molecule has 0 radical (unpaired) electrons. The van der Waals surface area contributed by atoms with Gasteiger partial charge in [0.25, 0.3) is 0 Å². The third-order valence-electron chi connectivity index (χ3n) is 0. The molecular weight excluding hydrogens is 211 g/mol. The van der Waals surface area contributed by atoms with Gasteiger partial charge in [0.1, 0.15) is 0 Å². The zero-order chi connectivity index (χ0) is 4.50. The Kier molecular flexibility index (Phi) is 70.7. The van der Waals surface area contributed by atoms with Crippen LogP contribution in [0.1, 0.15) is 7.13 Å². The fraction of sp³-hybridized carbons (Fsp3) is 0. The Hall–Kier alpha value is 4.87. The van der Waals surface area contributed by atoms with Crippen molar-refractivity contribution in [3.8, 4) is 0 Å². The maximum Gasteiger partial charge on any atom is 1.00 e. The Labute approximate surface area is 178 Å². The van der Waals surface area contributed by atoms with Crippen LogP contribution in [-0.4, -0.2) is 17.5 Å². The first-order valence-electron chi connectivity index (χ1n) is 0.698. The van der Waals surface area contributed by atoms with E-state index in [1.54, 1.807) is 0 Å². The fourth-order valence-electron chi connectivity index (χ4n) is 0. The Bertz CT molecular complexity index is 111. The zero-order valence-electron chi connectivity index (χ0n) is 12.1. The third-order valence-corrected chi connectivity index (χ3v) is 0. The maximum absolute atomic E-state index is 8.74. The minimum Gasteiger partial charge on any atom is -1.00 e. The standard InChI is InChI=1S/5Na.H2O4S.5H/c;;;;;1-5(2,3)4;;;;;/h;;;;;(H2,1,2,3,4);;;;;/q5*+1;;5*-1.